The van der Waals surface area contributed by atoms with Crippen LogP contribution in [0.2, 0.25) is 0 Å². The summed E-state index contributed by atoms with van der Waals surface area (Å²) < 4.78 is 41.4. The summed E-state index contributed by atoms with van der Waals surface area (Å²) in [5.74, 6) is -0.334. The number of hydrogen-bond acceptors (Lipinski definition) is 4. The number of rotatable bonds is 3. The van der Waals surface area contributed by atoms with Crippen molar-refractivity contribution in [3.8, 4) is 0 Å². The van der Waals surface area contributed by atoms with Crippen LogP contribution in [-0.4, -0.2) is 18.2 Å². The first-order valence-corrected chi connectivity index (χ1v) is 6.86. The van der Waals surface area contributed by atoms with Crippen LogP contribution < -0.4 is 10.5 Å². The van der Waals surface area contributed by atoms with E-state index in [1.165, 1.54) is 23.9 Å². The Bertz CT molecular complexity index is 724. The van der Waals surface area contributed by atoms with Gasteiger partial charge in [-0.3, -0.25) is 9.40 Å². The van der Waals surface area contributed by atoms with Gasteiger partial charge in [0.15, 0.2) is 0 Å². The third-order valence-electron chi connectivity index (χ3n) is 2.64. The van der Waals surface area contributed by atoms with Gasteiger partial charge in [0.1, 0.15) is 11.6 Å². The van der Waals surface area contributed by atoms with Crippen molar-refractivity contribution in [3.05, 3.63) is 35.8 Å². The molecule has 1 aromatic heterocycles. The summed E-state index contributed by atoms with van der Waals surface area (Å²) in [6.07, 6.45) is 1.46. The topological polar surface area (TPSA) is 90.0 Å². The summed E-state index contributed by atoms with van der Waals surface area (Å²) in [6.45, 7) is 1.50. The monoisotopic (exact) mass is 284 g/mol. The maximum atomic E-state index is 13.2. The van der Waals surface area contributed by atoms with E-state index in [-0.39, 0.29) is 16.1 Å². The number of benzene rings is 1. The first-order valence-electron chi connectivity index (χ1n) is 5.37. The summed E-state index contributed by atoms with van der Waals surface area (Å²) in [5.41, 5.74) is 5.47. The molecule has 1 aromatic carbocycles. The standard InChI is InChI=1S/C11H13FN4O2S/c1-7-5-8(12)9(13)6-10(7)19(17,18)15-11-3-4-14-16(11)2/h3-6,15H,13H2,1-2H3. The Morgan fingerprint density at radius 1 is 1.42 bits per heavy atom. The Hall–Kier alpha value is -2.09. The average molecular weight is 284 g/mol. The molecule has 19 heavy (non-hydrogen) atoms. The van der Waals surface area contributed by atoms with Crippen molar-refractivity contribution < 1.29 is 12.8 Å². The fourth-order valence-corrected chi connectivity index (χ4v) is 2.98. The predicted molar refractivity (Wildman–Crippen MR) is 69.6 cm³/mol. The van der Waals surface area contributed by atoms with Crippen LogP contribution in [-0.2, 0) is 17.1 Å². The van der Waals surface area contributed by atoms with Crippen molar-refractivity contribution in [2.24, 2.45) is 7.05 Å². The zero-order chi connectivity index (χ0) is 14.2. The molecular weight excluding hydrogens is 271 g/mol. The minimum absolute atomic E-state index is 0.0624. The second kappa shape index (κ2) is 4.54. The number of hydrogen-bond donors (Lipinski definition) is 2. The summed E-state index contributed by atoms with van der Waals surface area (Å²) >= 11 is 0. The van der Waals surface area contributed by atoms with Gasteiger partial charge in [-0.25, -0.2) is 12.8 Å². The van der Waals surface area contributed by atoms with E-state index in [0.717, 1.165) is 12.1 Å². The number of nitrogens with zero attached hydrogens (tertiary/aromatic N) is 2. The van der Waals surface area contributed by atoms with Gasteiger partial charge in [0.05, 0.1) is 16.8 Å². The molecule has 0 aliphatic rings. The van der Waals surface area contributed by atoms with Gasteiger partial charge in [-0.2, -0.15) is 5.10 Å². The lowest BCUT2D eigenvalue weighted by molar-refractivity contribution is 0.598. The second-order valence-corrected chi connectivity index (χ2v) is 5.74. The lowest BCUT2D eigenvalue weighted by atomic mass is 10.2. The number of anilines is 2. The van der Waals surface area contributed by atoms with Crippen molar-refractivity contribution in [2.75, 3.05) is 10.5 Å². The number of aromatic nitrogens is 2. The highest BCUT2D eigenvalue weighted by Crippen LogP contribution is 2.23. The van der Waals surface area contributed by atoms with Gasteiger partial charge in [0.25, 0.3) is 10.0 Å². The Morgan fingerprint density at radius 3 is 2.68 bits per heavy atom. The highest BCUT2D eigenvalue weighted by Gasteiger charge is 2.20. The molecule has 0 saturated heterocycles. The van der Waals surface area contributed by atoms with E-state index < -0.39 is 15.8 Å². The number of nitrogen functional groups attached to an aromatic ring is 1. The van der Waals surface area contributed by atoms with Crippen molar-refractivity contribution in [1.29, 1.82) is 0 Å². The van der Waals surface area contributed by atoms with Crippen molar-refractivity contribution in [2.45, 2.75) is 11.8 Å². The minimum Gasteiger partial charge on any atom is -0.396 e. The molecular formula is C11H13FN4O2S. The second-order valence-electron chi connectivity index (χ2n) is 4.08. The Labute approximate surface area is 110 Å². The molecule has 3 N–H and O–H groups in total. The van der Waals surface area contributed by atoms with E-state index in [9.17, 15) is 12.8 Å². The van der Waals surface area contributed by atoms with Gasteiger partial charge in [-0.15, -0.1) is 0 Å². The van der Waals surface area contributed by atoms with E-state index in [1.807, 2.05) is 0 Å². The molecule has 2 rings (SSSR count). The molecule has 0 aliphatic carbocycles. The lowest BCUT2D eigenvalue weighted by Gasteiger charge is -2.11. The van der Waals surface area contributed by atoms with Gasteiger partial charge in [-0.05, 0) is 24.6 Å². The van der Waals surface area contributed by atoms with Gasteiger partial charge in [0.2, 0.25) is 0 Å². The number of halogens is 1. The van der Waals surface area contributed by atoms with Crippen LogP contribution in [0.5, 0.6) is 0 Å². The van der Waals surface area contributed by atoms with E-state index >= 15 is 0 Å². The average Bonchev–Trinajstić information content (AvgIpc) is 2.69. The van der Waals surface area contributed by atoms with Crippen LogP contribution in [0.1, 0.15) is 5.56 Å². The molecule has 0 atom stereocenters. The van der Waals surface area contributed by atoms with Crippen molar-refractivity contribution >= 4 is 21.5 Å². The molecule has 0 bridgehead atoms. The maximum absolute atomic E-state index is 13.2. The molecule has 0 spiro atoms. The highest BCUT2D eigenvalue weighted by molar-refractivity contribution is 7.92. The SMILES string of the molecule is Cc1cc(F)c(N)cc1S(=O)(=O)Nc1ccnn1C. The zero-order valence-corrected chi connectivity index (χ0v) is 11.2. The van der Waals surface area contributed by atoms with Gasteiger partial charge in [0, 0.05) is 13.1 Å². The first-order chi connectivity index (χ1) is 8.81. The van der Waals surface area contributed by atoms with E-state index in [0.29, 0.717) is 5.82 Å². The number of aryl methyl sites for hydroxylation is 2. The Morgan fingerprint density at radius 2 is 2.11 bits per heavy atom. The molecule has 0 saturated carbocycles. The quantitative estimate of drug-likeness (QED) is 0.830. The number of nitrogens with one attached hydrogen (secondary N) is 1. The van der Waals surface area contributed by atoms with E-state index in [2.05, 4.69) is 9.82 Å². The molecule has 0 amide bonds. The first kappa shape index (κ1) is 13.3. The summed E-state index contributed by atoms with van der Waals surface area (Å²) in [6, 6.07) is 3.70. The van der Waals surface area contributed by atoms with Crippen molar-refractivity contribution in [3.63, 3.8) is 0 Å². The number of nitrogens with two attached hydrogens (primary N) is 1. The molecule has 6 nitrogen and oxygen atoms in total. The lowest BCUT2D eigenvalue weighted by Crippen LogP contribution is -2.17. The summed E-state index contributed by atoms with van der Waals surface area (Å²) in [4.78, 5) is -0.0624. The van der Waals surface area contributed by atoms with E-state index in [1.54, 1.807) is 7.05 Å². The van der Waals surface area contributed by atoms with Crippen LogP contribution in [0.3, 0.4) is 0 Å². The van der Waals surface area contributed by atoms with Gasteiger partial charge in [-0.1, -0.05) is 0 Å². The van der Waals surface area contributed by atoms with Crippen LogP contribution >= 0.6 is 0 Å². The molecule has 0 fully saturated rings. The third kappa shape index (κ3) is 2.53. The molecule has 0 aliphatic heterocycles. The molecule has 0 unspecified atom stereocenters. The maximum Gasteiger partial charge on any atom is 0.263 e. The minimum atomic E-state index is -3.83. The molecule has 0 radical (unpaired) electrons. The number of sulfonamides is 1. The van der Waals surface area contributed by atoms with Gasteiger partial charge < -0.3 is 5.73 Å². The Kier molecular flexibility index (Phi) is 3.19. The molecule has 8 heteroatoms. The summed E-state index contributed by atoms with van der Waals surface area (Å²) in [5, 5.41) is 3.85. The molecule has 2 aromatic rings. The fraction of sp³-hybridized carbons (Fsp3) is 0.182. The predicted octanol–water partition coefficient (Wildman–Crippen LogP) is 1.25. The molecule has 102 valence electrons. The fourth-order valence-electron chi connectivity index (χ4n) is 1.62. The largest absolute Gasteiger partial charge is 0.396 e. The Balaban J connectivity index is 2.46. The van der Waals surface area contributed by atoms with Gasteiger partial charge >= 0.3 is 0 Å². The van der Waals surface area contributed by atoms with Crippen LogP contribution in [0.4, 0.5) is 15.9 Å². The highest BCUT2D eigenvalue weighted by atomic mass is 32.2. The van der Waals surface area contributed by atoms with Crippen LogP contribution in [0.25, 0.3) is 0 Å². The zero-order valence-electron chi connectivity index (χ0n) is 10.4. The van der Waals surface area contributed by atoms with E-state index in [4.69, 9.17) is 5.73 Å². The van der Waals surface area contributed by atoms with Crippen molar-refractivity contribution in [1.82, 2.24) is 9.78 Å². The normalized spacial score (nSPS) is 11.5. The van der Waals surface area contributed by atoms with Crippen LogP contribution in [0.15, 0.2) is 29.3 Å². The molecule has 1 heterocycles. The summed E-state index contributed by atoms with van der Waals surface area (Å²) in [7, 11) is -2.23. The smallest absolute Gasteiger partial charge is 0.263 e. The van der Waals surface area contributed by atoms with Crippen LogP contribution in [0, 0.1) is 12.7 Å². The third-order valence-corrected chi connectivity index (χ3v) is 4.14.